The maximum Gasteiger partial charge on any atom is 0.146 e. The normalized spacial score (nSPS) is 10.0. The molecule has 0 amide bonds. The first-order valence-electron chi connectivity index (χ1n) is 2.79. The Bertz CT molecular complexity index is 42.2. The van der Waals surface area contributed by atoms with Crippen LogP contribution in [-0.4, -0.2) is 43.4 Å². The summed E-state index contributed by atoms with van der Waals surface area (Å²) in [5, 5.41) is 16.4. The van der Waals surface area contributed by atoms with Gasteiger partial charge in [-0.25, -0.2) is 0 Å². The predicted molar refractivity (Wildman–Crippen MR) is 30.9 cm³/mol. The van der Waals surface area contributed by atoms with Crippen molar-refractivity contribution in [3.8, 4) is 0 Å². The van der Waals surface area contributed by atoms with E-state index in [4.69, 9.17) is 19.7 Å². The van der Waals surface area contributed by atoms with E-state index in [-0.39, 0.29) is 33.2 Å². The molecule has 0 rings (SSSR count). The van der Waals surface area contributed by atoms with Gasteiger partial charge in [0.15, 0.2) is 0 Å². The molecular formula is C5H12O4. The quantitative estimate of drug-likeness (QED) is 0.362. The van der Waals surface area contributed by atoms with E-state index in [0.29, 0.717) is 0 Å². The molecule has 56 valence electrons. The Morgan fingerprint density at radius 3 is 1.67 bits per heavy atom. The summed E-state index contributed by atoms with van der Waals surface area (Å²) in [5.74, 6) is 0. The fourth-order valence-electron chi connectivity index (χ4n) is 0.306. The molecule has 0 bridgehead atoms. The van der Waals surface area contributed by atoms with E-state index < -0.39 is 0 Å². The van der Waals surface area contributed by atoms with Crippen LogP contribution in [0.1, 0.15) is 0 Å². The minimum atomic E-state index is 0.00247. The molecule has 0 radical (unpaired) electrons. The SMILES string of the molecule is OCCOCOCCO. The average Bonchev–Trinajstić information content (AvgIpc) is 1.89. The molecule has 0 atom stereocenters. The molecule has 0 aliphatic rings. The number of hydrogen-bond acceptors (Lipinski definition) is 4. The molecule has 4 nitrogen and oxygen atoms in total. The lowest BCUT2D eigenvalue weighted by Crippen LogP contribution is -2.06. The maximum atomic E-state index is 8.19. The first-order chi connectivity index (χ1) is 4.41. The van der Waals surface area contributed by atoms with Crippen molar-refractivity contribution in [2.75, 3.05) is 33.2 Å². The van der Waals surface area contributed by atoms with Gasteiger partial charge >= 0.3 is 0 Å². The van der Waals surface area contributed by atoms with Gasteiger partial charge in [-0.05, 0) is 0 Å². The highest BCUT2D eigenvalue weighted by Gasteiger charge is 1.84. The van der Waals surface area contributed by atoms with Gasteiger partial charge in [0.25, 0.3) is 0 Å². The fourth-order valence-corrected chi connectivity index (χ4v) is 0.306. The number of hydrogen-bond donors (Lipinski definition) is 2. The second-order valence-electron chi connectivity index (χ2n) is 1.38. The van der Waals surface area contributed by atoms with Crippen LogP contribution >= 0.6 is 0 Å². The highest BCUT2D eigenvalue weighted by Crippen LogP contribution is 1.75. The number of ether oxygens (including phenoxy) is 2. The molecule has 0 fully saturated rings. The lowest BCUT2D eigenvalue weighted by molar-refractivity contribution is -0.0697. The smallest absolute Gasteiger partial charge is 0.146 e. The van der Waals surface area contributed by atoms with Gasteiger partial charge < -0.3 is 19.7 Å². The van der Waals surface area contributed by atoms with Gasteiger partial charge in [0, 0.05) is 0 Å². The second kappa shape index (κ2) is 7.84. The van der Waals surface area contributed by atoms with Gasteiger partial charge in [-0.1, -0.05) is 0 Å². The third-order valence-corrected chi connectivity index (χ3v) is 0.638. The summed E-state index contributed by atoms with van der Waals surface area (Å²) in [7, 11) is 0. The van der Waals surface area contributed by atoms with Crippen molar-refractivity contribution >= 4 is 0 Å². The van der Waals surface area contributed by atoms with Gasteiger partial charge in [-0.2, -0.15) is 0 Å². The molecule has 0 aromatic rings. The van der Waals surface area contributed by atoms with Crippen LogP contribution < -0.4 is 0 Å². The van der Waals surface area contributed by atoms with E-state index in [0.717, 1.165) is 0 Å². The zero-order valence-electron chi connectivity index (χ0n) is 5.25. The fraction of sp³-hybridized carbons (Fsp3) is 1.00. The molecule has 0 spiro atoms. The van der Waals surface area contributed by atoms with Gasteiger partial charge in [-0.15, -0.1) is 0 Å². The van der Waals surface area contributed by atoms with Gasteiger partial charge in [0.2, 0.25) is 0 Å². The molecule has 0 heterocycles. The molecule has 0 saturated heterocycles. The molecule has 0 aliphatic carbocycles. The van der Waals surface area contributed by atoms with Gasteiger partial charge in [0.05, 0.1) is 26.4 Å². The van der Waals surface area contributed by atoms with E-state index >= 15 is 0 Å². The summed E-state index contributed by atoms with van der Waals surface area (Å²) in [4.78, 5) is 0. The molecule has 0 aliphatic heterocycles. The van der Waals surface area contributed by atoms with Crippen LogP contribution in [0.4, 0.5) is 0 Å². The molecule has 2 N–H and O–H groups in total. The summed E-state index contributed by atoms with van der Waals surface area (Å²) < 4.78 is 9.40. The largest absolute Gasteiger partial charge is 0.394 e. The van der Waals surface area contributed by atoms with Crippen molar-refractivity contribution in [1.82, 2.24) is 0 Å². The summed E-state index contributed by atoms with van der Waals surface area (Å²) >= 11 is 0. The Hall–Kier alpha value is -0.160. The topological polar surface area (TPSA) is 58.9 Å². The third kappa shape index (κ3) is 7.84. The van der Waals surface area contributed by atoms with Crippen LogP contribution in [0.5, 0.6) is 0 Å². The zero-order chi connectivity index (χ0) is 6.95. The molecular weight excluding hydrogens is 124 g/mol. The summed E-state index contributed by atoms with van der Waals surface area (Å²) in [5.41, 5.74) is 0. The predicted octanol–water partition coefficient (Wildman–Crippen LogP) is -1.04. The summed E-state index contributed by atoms with van der Waals surface area (Å²) in [6, 6.07) is 0. The lowest BCUT2D eigenvalue weighted by atomic mass is 10.8. The summed E-state index contributed by atoms with van der Waals surface area (Å²) in [6.07, 6.45) is 0. The molecule has 0 unspecified atom stereocenters. The Labute approximate surface area is 54.0 Å². The molecule has 4 heteroatoms. The van der Waals surface area contributed by atoms with Gasteiger partial charge in [-0.3, -0.25) is 0 Å². The van der Waals surface area contributed by atoms with Crippen molar-refractivity contribution in [3.63, 3.8) is 0 Å². The average molecular weight is 136 g/mol. The zero-order valence-corrected chi connectivity index (χ0v) is 5.25. The van der Waals surface area contributed by atoms with E-state index in [1.807, 2.05) is 0 Å². The van der Waals surface area contributed by atoms with E-state index in [1.54, 1.807) is 0 Å². The molecule has 9 heavy (non-hydrogen) atoms. The number of aliphatic hydroxyl groups is 2. The van der Waals surface area contributed by atoms with Crippen LogP contribution in [0.15, 0.2) is 0 Å². The number of rotatable bonds is 6. The lowest BCUT2D eigenvalue weighted by Gasteiger charge is -2.00. The highest BCUT2D eigenvalue weighted by molar-refractivity contribution is 4.20. The summed E-state index contributed by atoms with van der Waals surface area (Å²) in [6.45, 7) is 0.711. The van der Waals surface area contributed by atoms with Crippen molar-refractivity contribution in [1.29, 1.82) is 0 Å². The number of aliphatic hydroxyl groups excluding tert-OH is 2. The van der Waals surface area contributed by atoms with E-state index in [1.165, 1.54) is 0 Å². The Kier molecular flexibility index (Phi) is 7.70. The molecule has 0 saturated carbocycles. The van der Waals surface area contributed by atoms with Crippen LogP contribution in [0, 0.1) is 0 Å². The second-order valence-corrected chi connectivity index (χ2v) is 1.38. The first kappa shape index (κ1) is 8.84. The van der Waals surface area contributed by atoms with Crippen molar-refractivity contribution in [3.05, 3.63) is 0 Å². The van der Waals surface area contributed by atoms with Crippen LogP contribution in [0.2, 0.25) is 0 Å². The van der Waals surface area contributed by atoms with Crippen molar-refractivity contribution in [2.24, 2.45) is 0 Å². The third-order valence-electron chi connectivity index (χ3n) is 0.638. The van der Waals surface area contributed by atoms with Crippen LogP contribution in [0.3, 0.4) is 0 Å². The Morgan fingerprint density at radius 1 is 0.889 bits per heavy atom. The first-order valence-corrected chi connectivity index (χ1v) is 2.79. The van der Waals surface area contributed by atoms with Crippen LogP contribution in [0.25, 0.3) is 0 Å². The minimum Gasteiger partial charge on any atom is -0.394 e. The Balaban J connectivity index is 2.60. The maximum absolute atomic E-state index is 8.19. The highest BCUT2D eigenvalue weighted by atomic mass is 16.7. The molecule has 0 aromatic heterocycles. The van der Waals surface area contributed by atoms with Crippen molar-refractivity contribution < 1.29 is 19.7 Å². The standard InChI is InChI=1S/C5H12O4/c6-1-3-8-5-9-4-2-7/h6-7H,1-5H2. The molecule has 0 aromatic carbocycles. The monoisotopic (exact) mass is 136 g/mol. The van der Waals surface area contributed by atoms with Crippen molar-refractivity contribution in [2.45, 2.75) is 0 Å². The van der Waals surface area contributed by atoms with E-state index in [9.17, 15) is 0 Å². The van der Waals surface area contributed by atoms with Crippen LogP contribution in [-0.2, 0) is 9.47 Å². The Morgan fingerprint density at radius 2 is 1.33 bits per heavy atom. The van der Waals surface area contributed by atoms with Gasteiger partial charge in [0.1, 0.15) is 6.79 Å². The van der Waals surface area contributed by atoms with E-state index in [2.05, 4.69) is 0 Å². The minimum absolute atomic E-state index is 0.00247.